The first kappa shape index (κ1) is 13.1. The molecule has 0 amide bonds. The lowest BCUT2D eigenvalue weighted by Crippen LogP contribution is -2.16. The van der Waals surface area contributed by atoms with E-state index in [1.807, 2.05) is 6.07 Å². The summed E-state index contributed by atoms with van der Waals surface area (Å²) in [4.78, 5) is 0. The van der Waals surface area contributed by atoms with E-state index in [-0.39, 0.29) is 11.2 Å². The molecule has 104 valence electrons. The third-order valence-electron chi connectivity index (χ3n) is 5.01. The van der Waals surface area contributed by atoms with Gasteiger partial charge >= 0.3 is 0 Å². The minimum absolute atomic E-state index is 0.0361. The van der Waals surface area contributed by atoms with E-state index in [2.05, 4.69) is 20.8 Å². The van der Waals surface area contributed by atoms with Gasteiger partial charge in [0.15, 0.2) is 0 Å². The smallest absolute Gasteiger partial charge is 0.126 e. The first-order valence-corrected chi connectivity index (χ1v) is 7.77. The Kier molecular flexibility index (Phi) is 3.19. The maximum atomic E-state index is 14.1. The van der Waals surface area contributed by atoms with Gasteiger partial charge in [-0.1, -0.05) is 39.7 Å². The molecule has 0 nitrogen and oxygen atoms in total. The van der Waals surface area contributed by atoms with Gasteiger partial charge in [0, 0.05) is 0 Å². The second kappa shape index (κ2) is 4.61. The monoisotopic (exact) mass is 260 g/mol. The van der Waals surface area contributed by atoms with Crippen LogP contribution in [0.15, 0.2) is 12.1 Å². The van der Waals surface area contributed by atoms with Gasteiger partial charge < -0.3 is 0 Å². The summed E-state index contributed by atoms with van der Waals surface area (Å²) in [6.07, 6.45) is 7.14. The summed E-state index contributed by atoms with van der Waals surface area (Å²) in [6, 6.07) is 3.76. The lowest BCUT2D eigenvalue weighted by Gasteiger charge is -2.28. The fourth-order valence-electron chi connectivity index (χ4n) is 3.67. The first-order chi connectivity index (χ1) is 8.97. The molecule has 1 aromatic carbocycles. The highest BCUT2D eigenvalue weighted by Gasteiger charge is 2.34. The van der Waals surface area contributed by atoms with Gasteiger partial charge in [-0.15, -0.1) is 0 Å². The summed E-state index contributed by atoms with van der Waals surface area (Å²) >= 11 is 0. The Morgan fingerprint density at radius 2 is 1.89 bits per heavy atom. The van der Waals surface area contributed by atoms with Crippen LogP contribution in [0.4, 0.5) is 4.39 Å². The number of hydrogen-bond donors (Lipinski definition) is 0. The highest BCUT2D eigenvalue weighted by atomic mass is 19.1. The third-order valence-corrected chi connectivity index (χ3v) is 5.01. The van der Waals surface area contributed by atoms with E-state index >= 15 is 0 Å². The molecular weight excluding hydrogens is 235 g/mol. The highest BCUT2D eigenvalue weighted by Crippen LogP contribution is 2.46. The van der Waals surface area contributed by atoms with Gasteiger partial charge in [0.25, 0.3) is 0 Å². The molecule has 0 bridgehead atoms. The topological polar surface area (TPSA) is 0 Å². The van der Waals surface area contributed by atoms with E-state index in [0.717, 1.165) is 24.3 Å². The average molecular weight is 260 g/mol. The summed E-state index contributed by atoms with van der Waals surface area (Å²) in [5.41, 5.74) is 4.10. The molecule has 1 atom stereocenters. The standard InChI is InChI=1S/C18H25F/c1-18(2,3)16-10-8-13-14(16)9-11-17(19)15(13)7-6-12-4-5-12/h9,11-12,16H,4-8,10H2,1-3H3/t16-/m0/s1. The molecule has 0 N–H and O–H groups in total. The van der Waals surface area contributed by atoms with Gasteiger partial charge in [0.2, 0.25) is 0 Å². The van der Waals surface area contributed by atoms with Crippen LogP contribution in [-0.2, 0) is 12.8 Å². The van der Waals surface area contributed by atoms with E-state index in [1.54, 1.807) is 6.07 Å². The molecular formula is C18H25F. The second-order valence-corrected chi connectivity index (χ2v) is 7.53. The maximum Gasteiger partial charge on any atom is 0.126 e. The Morgan fingerprint density at radius 3 is 2.53 bits per heavy atom. The zero-order chi connectivity index (χ0) is 13.6. The van der Waals surface area contributed by atoms with Gasteiger partial charge in [0.05, 0.1) is 0 Å². The van der Waals surface area contributed by atoms with E-state index in [4.69, 9.17) is 0 Å². The molecule has 1 saturated carbocycles. The summed E-state index contributed by atoms with van der Waals surface area (Å²) in [6.45, 7) is 6.92. The third kappa shape index (κ3) is 2.57. The van der Waals surface area contributed by atoms with Crippen molar-refractivity contribution < 1.29 is 4.39 Å². The molecule has 1 fully saturated rings. The Morgan fingerprint density at radius 1 is 1.16 bits per heavy atom. The van der Waals surface area contributed by atoms with Crippen molar-refractivity contribution >= 4 is 0 Å². The van der Waals surface area contributed by atoms with Crippen LogP contribution in [0, 0.1) is 17.2 Å². The Hall–Kier alpha value is -0.850. The van der Waals surface area contributed by atoms with Gasteiger partial charge in [-0.2, -0.15) is 0 Å². The molecule has 3 rings (SSSR count). The number of fused-ring (bicyclic) bond motifs is 1. The molecule has 19 heavy (non-hydrogen) atoms. The largest absolute Gasteiger partial charge is 0.207 e. The normalized spacial score (nSPS) is 22.6. The van der Waals surface area contributed by atoms with E-state index < -0.39 is 0 Å². The van der Waals surface area contributed by atoms with Crippen LogP contribution < -0.4 is 0 Å². The molecule has 0 radical (unpaired) electrons. The van der Waals surface area contributed by atoms with Crippen molar-refractivity contribution in [1.29, 1.82) is 0 Å². The molecule has 0 saturated heterocycles. The number of benzene rings is 1. The van der Waals surface area contributed by atoms with E-state index in [1.165, 1.54) is 36.8 Å². The molecule has 2 aliphatic carbocycles. The van der Waals surface area contributed by atoms with Gasteiger partial charge in [-0.25, -0.2) is 4.39 Å². The maximum absolute atomic E-state index is 14.1. The van der Waals surface area contributed by atoms with Crippen LogP contribution in [0.2, 0.25) is 0 Å². The number of halogens is 1. The SMILES string of the molecule is CC(C)(C)[C@H]1CCc2c1ccc(F)c2CCC1CC1. The predicted octanol–water partition coefficient (Wildman–Crippen LogP) is 5.24. The van der Waals surface area contributed by atoms with Crippen LogP contribution in [0.5, 0.6) is 0 Å². The van der Waals surface area contributed by atoms with Crippen molar-refractivity contribution in [2.24, 2.45) is 11.3 Å². The van der Waals surface area contributed by atoms with Crippen molar-refractivity contribution in [3.05, 3.63) is 34.6 Å². The van der Waals surface area contributed by atoms with Crippen LogP contribution in [0.3, 0.4) is 0 Å². The minimum atomic E-state index is 0.0361. The molecule has 1 heteroatoms. The molecule has 2 aliphatic rings. The Labute approximate surface area is 116 Å². The van der Waals surface area contributed by atoms with Crippen molar-refractivity contribution in [3.8, 4) is 0 Å². The summed E-state index contributed by atoms with van der Waals surface area (Å²) in [7, 11) is 0. The first-order valence-electron chi connectivity index (χ1n) is 7.77. The highest BCUT2D eigenvalue weighted by molar-refractivity contribution is 5.43. The van der Waals surface area contributed by atoms with Crippen LogP contribution >= 0.6 is 0 Å². The Bertz CT molecular complexity index is 477. The molecule has 0 unspecified atom stereocenters. The predicted molar refractivity (Wildman–Crippen MR) is 78.0 cm³/mol. The van der Waals surface area contributed by atoms with Crippen molar-refractivity contribution in [2.45, 2.75) is 65.2 Å². The summed E-state index contributed by atoms with van der Waals surface area (Å²) < 4.78 is 14.1. The quantitative estimate of drug-likeness (QED) is 0.696. The van der Waals surface area contributed by atoms with Gasteiger partial charge in [-0.05, 0) is 65.7 Å². The molecule has 0 aromatic heterocycles. The van der Waals surface area contributed by atoms with Crippen molar-refractivity contribution in [3.63, 3.8) is 0 Å². The van der Waals surface area contributed by atoms with E-state index in [0.29, 0.717) is 5.92 Å². The summed E-state index contributed by atoms with van der Waals surface area (Å²) in [5, 5.41) is 0. The average Bonchev–Trinajstić information content (AvgIpc) is 3.03. The number of hydrogen-bond acceptors (Lipinski definition) is 0. The molecule has 0 heterocycles. The van der Waals surface area contributed by atoms with Crippen LogP contribution in [0.1, 0.15) is 69.1 Å². The lowest BCUT2D eigenvalue weighted by atomic mass is 9.77. The Balaban J connectivity index is 1.90. The number of rotatable bonds is 3. The summed E-state index contributed by atoms with van der Waals surface area (Å²) in [5.74, 6) is 1.52. The van der Waals surface area contributed by atoms with Crippen molar-refractivity contribution in [2.75, 3.05) is 0 Å². The molecule has 0 spiro atoms. The van der Waals surface area contributed by atoms with Gasteiger partial charge in [0.1, 0.15) is 5.82 Å². The van der Waals surface area contributed by atoms with E-state index in [9.17, 15) is 4.39 Å². The fourth-order valence-corrected chi connectivity index (χ4v) is 3.67. The minimum Gasteiger partial charge on any atom is -0.207 e. The van der Waals surface area contributed by atoms with Gasteiger partial charge in [-0.3, -0.25) is 0 Å². The van der Waals surface area contributed by atoms with Crippen LogP contribution in [0.25, 0.3) is 0 Å². The zero-order valence-corrected chi connectivity index (χ0v) is 12.4. The second-order valence-electron chi connectivity index (χ2n) is 7.53. The zero-order valence-electron chi connectivity index (χ0n) is 12.4. The van der Waals surface area contributed by atoms with Crippen LogP contribution in [-0.4, -0.2) is 0 Å². The molecule has 1 aromatic rings. The fraction of sp³-hybridized carbons (Fsp3) is 0.667. The van der Waals surface area contributed by atoms with Crippen molar-refractivity contribution in [1.82, 2.24) is 0 Å². The lowest BCUT2D eigenvalue weighted by molar-refractivity contribution is 0.319. The molecule has 0 aliphatic heterocycles.